The lowest BCUT2D eigenvalue weighted by molar-refractivity contribution is 0.412. The van der Waals surface area contributed by atoms with Gasteiger partial charge in [0, 0.05) is 11.1 Å². The third-order valence-electron chi connectivity index (χ3n) is 4.06. The summed E-state index contributed by atoms with van der Waals surface area (Å²) in [4.78, 5) is 4.54. The number of guanidine groups is 1. The van der Waals surface area contributed by atoms with Crippen molar-refractivity contribution in [1.82, 2.24) is 5.32 Å². The zero-order valence-corrected chi connectivity index (χ0v) is 15.0. The maximum absolute atomic E-state index is 12.0. The number of hydrogen-bond acceptors (Lipinski definition) is 3. The summed E-state index contributed by atoms with van der Waals surface area (Å²) in [5.74, 6) is 0.443. The number of nitrogens with one attached hydrogen (secondary N) is 1. The number of nitrogens with zero attached hydrogens (tertiary/aromatic N) is 1. The summed E-state index contributed by atoms with van der Waals surface area (Å²) >= 11 is 6.02. The fraction of sp³-hybridized carbons (Fsp3) is 0.562. The number of hydrogen-bond donors (Lipinski definition) is 2. The van der Waals surface area contributed by atoms with Crippen molar-refractivity contribution in [2.24, 2.45) is 10.7 Å². The topological polar surface area (TPSA) is 84.5 Å². The second kappa shape index (κ2) is 8.02. The van der Waals surface area contributed by atoms with Crippen LogP contribution in [0.3, 0.4) is 0 Å². The molecule has 0 atom stereocenters. The lowest BCUT2D eigenvalue weighted by atomic mass is 9.96. The Bertz CT molecular complexity index is 668. The molecule has 1 aromatic rings. The molecule has 0 unspecified atom stereocenters. The minimum absolute atomic E-state index is 0.0431. The van der Waals surface area contributed by atoms with Gasteiger partial charge in [0.15, 0.2) is 15.8 Å². The highest BCUT2D eigenvalue weighted by Gasteiger charge is 2.14. The summed E-state index contributed by atoms with van der Waals surface area (Å²) in [5, 5.41) is 3.63. The zero-order valence-electron chi connectivity index (χ0n) is 13.4. The molecule has 0 heterocycles. The van der Waals surface area contributed by atoms with E-state index in [2.05, 4.69) is 10.3 Å². The van der Waals surface area contributed by atoms with Crippen LogP contribution in [0.2, 0.25) is 5.02 Å². The minimum Gasteiger partial charge on any atom is -0.370 e. The van der Waals surface area contributed by atoms with E-state index in [0.717, 1.165) is 18.4 Å². The van der Waals surface area contributed by atoms with Gasteiger partial charge in [-0.2, -0.15) is 0 Å². The van der Waals surface area contributed by atoms with Gasteiger partial charge in [0.25, 0.3) is 0 Å². The minimum atomic E-state index is -3.28. The number of benzene rings is 1. The van der Waals surface area contributed by atoms with E-state index in [1.807, 2.05) is 0 Å². The predicted octanol–water partition coefficient (Wildman–Crippen LogP) is 2.87. The summed E-state index contributed by atoms with van der Waals surface area (Å²) in [7, 11) is -3.28. The third kappa shape index (κ3) is 5.39. The highest BCUT2D eigenvalue weighted by atomic mass is 35.5. The Morgan fingerprint density at radius 2 is 2.00 bits per heavy atom. The summed E-state index contributed by atoms with van der Waals surface area (Å²) in [6, 6.07) is 5.19. The average Bonchev–Trinajstić information content (AvgIpc) is 2.53. The average molecular weight is 358 g/mol. The van der Waals surface area contributed by atoms with Gasteiger partial charge >= 0.3 is 0 Å². The Morgan fingerprint density at radius 1 is 1.30 bits per heavy atom. The first-order valence-corrected chi connectivity index (χ1v) is 10.0. The van der Waals surface area contributed by atoms with E-state index < -0.39 is 9.84 Å². The van der Waals surface area contributed by atoms with Gasteiger partial charge in [-0.3, -0.25) is 0 Å². The molecule has 5 nitrogen and oxygen atoms in total. The number of aliphatic imine (C=N–C) groups is 1. The lowest BCUT2D eigenvalue weighted by Crippen LogP contribution is -2.41. The molecule has 3 N–H and O–H groups in total. The molecule has 1 saturated carbocycles. The zero-order chi connectivity index (χ0) is 16.9. The first kappa shape index (κ1) is 18.1. The van der Waals surface area contributed by atoms with Gasteiger partial charge in [-0.15, -0.1) is 0 Å². The van der Waals surface area contributed by atoms with Gasteiger partial charge in [-0.05, 0) is 36.6 Å². The van der Waals surface area contributed by atoms with E-state index in [1.165, 1.54) is 25.3 Å². The van der Waals surface area contributed by atoms with E-state index in [4.69, 9.17) is 17.3 Å². The monoisotopic (exact) mass is 357 g/mol. The molecule has 23 heavy (non-hydrogen) atoms. The van der Waals surface area contributed by atoms with Gasteiger partial charge < -0.3 is 11.1 Å². The van der Waals surface area contributed by atoms with Crippen molar-refractivity contribution in [2.45, 2.75) is 56.5 Å². The van der Waals surface area contributed by atoms with Crippen molar-refractivity contribution < 1.29 is 8.42 Å². The fourth-order valence-electron chi connectivity index (χ4n) is 2.74. The second-order valence-corrected chi connectivity index (χ2v) is 8.59. The first-order chi connectivity index (χ1) is 10.9. The van der Waals surface area contributed by atoms with Crippen LogP contribution in [-0.4, -0.2) is 26.2 Å². The van der Waals surface area contributed by atoms with Crippen LogP contribution in [0.15, 0.2) is 28.1 Å². The molecule has 0 spiro atoms. The molecule has 0 amide bonds. The molecule has 0 aliphatic heterocycles. The normalized spacial score (nSPS) is 17.2. The number of sulfone groups is 1. The largest absolute Gasteiger partial charge is 0.370 e. The first-order valence-electron chi connectivity index (χ1n) is 7.99. The molecule has 1 aromatic carbocycles. The van der Waals surface area contributed by atoms with Gasteiger partial charge in [0.1, 0.15) is 0 Å². The lowest BCUT2D eigenvalue weighted by Gasteiger charge is -2.23. The Morgan fingerprint density at radius 3 is 2.65 bits per heavy atom. The number of rotatable bonds is 5. The van der Waals surface area contributed by atoms with Crippen LogP contribution < -0.4 is 11.1 Å². The van der Waals surface area contributed by atoms with Crippen LogP contribution in [0.4, 0.5) is 0 Å². The molecule has 1 fully saturated rings. The van der Waals surface area contributed by atoms with Crippen LogP contribution >= 0.6 is 11.6 Å². The summed E-state index contributed by atoms with van der Waals surface area (Å²) in [6.45, 7) is 1.92. The van der Waals surface area contributed by atoms with E-state index >= 15 is 0 Å². The van der Waals surface area contributed by atoms with Gasteiger partial charge in [-0.1, -0.05) is 37.8 Å². The molecular weight excluding hydrogens is 334 g/mol. The quantitative estimate of drug-likeness (QED) is 0.626. The standard InChI is InChI=1S/C16H24ClN3O2S/c1-2-23(21,22)15-9-12(8-13(17)10-15)11-19-16(18)20-14-6-4-3-5-7-14/h8-10,14H,2-7,11H2,1H3,(H3,18,19,20). The fourth-order valence-corrected chi connectivity index (χ4v) is 4.03. The third-order valence-corrected chi connectivity index (χ3v) is 5.99. The molecule has 128 valence electrons. The van der Waals surface area contributed by atoms with Crippen LogP contribution in [0.25, 0.3) is 0 Å². The second-order valence-electron chi connectivity index (χ2n) is 5.88. The van der Waals surface area contributed by atoms with E-state index in [9.17, 15) is 8.42 Å². The maximum atomic E-state index is 12.0. The van der Waals surface area contributed by atoms with E-state index in [0.29, 0.717) is 23.6 Å². The van der Waals surface area contributed by atoms with Gasteiger partial charge in [0.05, 0.1) is 17.2 Å². The maximum Gasteiger partial charge on any atom is 0.189 e. The SMILES string of the molecule is CCS(=O)(=O)c1cc(Cl)cc(CN=C(N)NC2CCCCC2)c1. The molecule has 0 aromatic heterocycles. The van der Waals surface area contributed by atoms with Crippen LogP contribution in [0.5, 0.6) is 0 Å². The van der Waals surface area contributed by atoms with Crippen molar-refractivity contribution >= 4 is 27.4 Å². The Balaban J connectivity index is 2.06. The number of nitrogens with two attached hydrogens (primary N) is 1. The summed E-state index contributed by atoms with van der Waals surface area (Å²) < 4.78 is 23.9. The molecule has 2 rings (SSSR count). The Kier molecular flexibility index (Phi) is 6.30. The molecule has 7 heteroatoms. The molecule has 0 bridgehead atoms. The highest BCUT2D eigenvalue weighted by Crippen LogP contribution is 2.21. The summed E-state index contributed by atoms with van der Waals surface area (Å²) in [6.07, 6.45) is 5.96. The molecule has 1 aliphatic rings. The molecule has 0 saturated heterocycles. The molecule has 1 aliphatic carbocycles. The number of halogens is 1. The van der Waals surface area contributed by atoms with Crippen molar-refractivity contribution in [1.29, 1.82) is 0 Å². The Hall–Kier alpha value is -1.27. The van der Waals surface area contributed by atoms with Gasteiger partial charge in [0.2, 0.25) is 0 Å². The van der Waals surface area contributed by atoms with Crippen molar-refractivity contribution in [2.75, 3.05) is 5.75 Å². The van der Waals surface area contributed by atoms with Gasteiger partial charge in [-0.25, -0.2) is 13.4 Å². The highest BCUT2D eigenvalue weighted by molar-refractivity contribution is 7.91. The van der Waals surface area contributed by atoms with Crippen LogP contribution in [0, 0.1) is 0 Å². The van der Waals surface area contributed by atoms with Crippen molar-refractivity contribution in [3.63, 3.8) is 0 Å². The predicted molar refractivity (Wildman–Crippen MR) is 94.5 cm³/mol. The van der Waals surface area contributed by atoms with Crippen LogP contribution in [-0.2, 0) is 16.4 Å². The van der Waals surface area contributed by atoms with Crippen LogP contribution in [0.1, 0.15) is 44.6 Å². The van der Waals surface area contributed by atoms with Crippen molar-refractivity contribution in [3.8, 4) is 0 Å². The molecular formula is C16H24ClN3O2S. The van der Waals surface area contributed by atoms with E-state index in [-0.39, 0.29) is 10.6 Å². The van der Waals surface area contributed by atoms with E-state index in [1.54, 1.807) is 19.1 Å². The summed E-state index contributed by atoms with van der Waals surface area (Å²) in [5.41, 5.74) is 6.66. The smallest absolute Gasteiger partial charge is 0.189 e. The molecule has 0 radical (unpaired) electrons. The Labute approximate surface area is 143 Å². The van der Waals surface area contributed by atoms with Crippen molar-refractivity contribution in [3.05, 3.63) is 28.8 Å².